The molecule has 2 aliphatic carbocycles. The number of hydrogen-bond acceptors (Lipinski definition) is 3. The van der Waals surface area contributed by atoms with Gasteiger partial charge in [0.25, 0.3) is 0 Å². The molecule has 4 N–H and O–H groups in total. The van der Waals surface area contributed by atoms with E-state index in [-0.39, 0.29) is 11.3 Å². The predicted octanol–water partition coefficient (Wildman–Crippen LogP) is 0.147. The second-order valence-electron chi connectivity index (χ2n) is 5.10. The zero-order valence-electron chi connectivity index (χ0n) is 9.09. The van der Waals surface area contributed by atoms with E-state index in [0.29, 0.717) is 13.1 Å². The summed E-state index contributed by atoms with van der Waals surface area (Å²) in [4.78, 5) is 11.9. The number of nitrogens with one attached hydrogen (secondary N) is 1. The Morgan fingerprint density at radius 2 is 1.87 bits per heavy atom. The fourth-order valence-electron chi connectivity index (χ4n) is 2.32. The molecule has 0 aromatic carbocycles. The first-order valence-corrected chi connectivity index (χ1v) is 5.81. The van der Waals surface area contributed by atoms with Gasteiger partial charge in [0.2, 0.25) is 5.91 Å². The number of aliphatic hydroxyl groups is 1. The van der Waals surface area contributed by atoms with Crippen molar-refractivity contribution >= 4 is 5.91 Å². The molecular weight excluding hydrogens is 192 g/mol. The Hall–Kier alpha value is -0.610. The van der Waals surface area contributed by atoms with Crippen LogP contribution in [0.2, 0.25) is 0 Å². The van der Waals surface area contributed by atoms with Gasteiger partial charge in [-0.25, -0.2) is 0 Å². The minimum Gasteiger partial charge on any atom is -0.388 e. The van der Waals surface area contributed by atoms with Crippen molar-refractivity contribution in [1.29, 1.82) is 0 Å². The predicted molar refractivity (Wildman–Crippen MR) is 57.1 cm³/mol. The van der Waals surface area contributed by atoms with Crippen molar-refractivity contribution in [2.45, 2.75) is 44.1 Å². The molecule has 2 fully saturated rings. The van der Waals surface area contributed by atoms with Crippen LogP contribution in [0.4, 0.5) is 0 Å². The molecule has 0 radical (unpaired) electrons. The van der Waals surface area contributed by atoms with E-state index < -0.39 is 5.60 Å². The summed E-state index contributed by atoms with van der Waals surface area (Å²) in [7, 11) is 0. The Balaban J connectivity index is 1.81. The maximum Gasteiger partial charge on any atom is 0.227 e. The third kappa shape index (κ3) is 1.88. The lowest BCUT2D eigenvalue weighted by molar-refractivity contribution is -0.137. The molecule has 0 bridgehead atoms. The van der Waals surface area contributed by atoms with Gasteiger partial charge in [0, 0.05) is 13.1 Å². The summed E-state index contributed by atoms with van der Waals surface area (Å²) in [5, 5.41) is 12.7. The first-order chi connectivity index (χ1) is 7.10. The van der Waals surface area contributed by atoms with E-state index in [1.54, 1.807) is 0 Å². The summed E-state index contributed by atoms with van der Waals surface area (Å²) in [5.41, 5.74) is 4.68. The number of hydrogen-bond donors (Lipinski definition) is 3. The quantitative estimate of drug-likeness (QED) is 0.621. The van der Waals surface area contributed by atoms with Crippen LogP contribution in [0.5, 0.6) is 0 Å². The van der Waals surface area contributed by atoms with E-state index in [2.05, 4.69) is 5.32 Å². The van der Waals surface area contributed by atoms with Gasteiger partial charge in [-0.15, -0.1) is 0 Å². The van der Waals surface area contributed by atoms with Gasteiger partial charge >= 0.3 is 0 Å². The Kier molecular flexibility index (Phi) is 2.73. The maximum atomic E-state index is 11.9. The monoisotopic (exact) mass is 212 g/mol. The highest BCUT2D eigenvalue weighted by Crippen LogP contribution is 2.40. The second-order valence-corrected chi connectivity index (χ2v) is 5.10. The highest BCUT2D eigenvalue weighted by atomic mass is 16.3. The lowest BCUT2D eigenvalue weighted by atomic mass is 9.68. The molecule has 86 valence electrons. The molecule has 1 amide bonds. The van der Waals surface area contributed by atoms with Gasteiger partial charge < -0.3 is 16.2 Å². The molecule has 0 saturated heterocycles. The van der Waals surface area contributed by atoms with Gasteiger partial charge in [0.05, 0.1) is 11.0 Å². The van der Waals surface area contributed by atoms with Crippen molar-refractivity contribution in [1.82, 2.24) is 5.32 Å². The first-order valence-electron chi connectivity index (χ1n) is 5.81. The minimum absolute atomic E-state index is 0.0385. The number of carbonyl (C=O) groups is 1. The first kappa shape index (κ1) is 10.9. The lowest BCUT2D eigenvalue weighted by Crippen LogP contribution is -2.55. The molecule has 0 spiro atoms. The van der Waals surface area contributed by atoms with Crippen LogP contribution in [-0.2, 0) is 4.79 Å². The maximum absolute atomic E-state index is 11.9. The van der Waals surface area contributed by atoms with Gasteiger partial charge in [-0.2, -0.15) is 0 Å². The summed E-state index contributed by atoms with van der Waals surface area (Å²) in [6.07, 6.45) is 5.57. The van der Waals surface area contributed by atoms with Gasteiger partial charge in [-0.1, -0.05) is 6.42 Å². The van der Waals surface area contributed by atoms with Crippen LogP contribution in [-0.4, -0.2) is 29.7 Å². The fraction of sp³-hybridized carbons (Fsp3) is 0.909. The highest BCUT2D eigenvalue weighted by molar-refractivity contribution is 5.83. The zero-order valence-corrected chi connectivity index (χ0v) is 9.09. The van der Waals surface area contributed by atoms with E-state index in [1.807, 2.05) is 0 Å². The molecule has 15 heavy (non-hydrogen) atoms. The van der Waals surface area contributed by atoms with Crippen LogP contribution in [0.1, 0.15) is 38.5 Å². The van der Waals surface area contributed by atoms with Gasteiger partial charge in [0.15, 0.2) is 0 Å². The molecule has 0 atom stereocenters. The van der Waals surface area contributed by atoms with E-state index >= 15 is 0 Å². The third-order valence-electron chi connectivity index (χ3n) is 4.05. The van der Waals surface area contributed by atoms with Crippen molar-refractivity contribution in [3.63, 3.8) is 0 Å². The average molecular weight is 212 g/mol. The van der Waals surface area contributed by atoms with Crippen LogP contribution in [0, 0.1) is 5.41 Å². The van der Waals surface area contributed by atoms with Gasteiger partial charge in [0.1, 0.15) is 0 Å². The number of nitrogens with two attached hydrogens (primary N) is 1. The van der Waals surface area contributed by atoms with E-state index in [4.69, 9.17) is 5.73 Å². The number of carbonyl (C=O) groups excluding carboxylic acids is 1. The molecule has 2 saturated carbocycles. The van der Waals surface area contributed by atoms with Crippen molar-refractivity contribution < 1.29 is 9.90 Å². The zero-order chi connectivity index (χ0) is 10.9. The van der Waals surface area contributed by atoms with E-state index in [9.17, 15) is 9.90 Å². The summed E-state index contributed by atoms with van der Waals surface area (Å²) >= 11 is 0. The molecule has 2 rings (SSSR count). The SMILES string of the molecule is NCC1(C(=O)NCC2(O)CCC2)CCC1. The second kappa shape index (κ2) is 3.76. The standard InChI is InChI=1S/C11H20N2O2/c12-7-10(3-1-4-10)9(14)13-8-11(15)5-2-6-11/h15H,1-8,12H2,(H,13,14). The third-order valence-corrected chi connectivity index (χ3v) is 4.05. The smallest absolute Gasteiger partial charge is 0.227 e. The van der Waals surface area contributed by atoms with E-state index in [1.165, 1.54) is 0 Å². The molecule has 0 heterocycles. The van der Waals surface area contributed by atoms with Gasteiger partial charge in [-0.3, -0.25) is 4.79 Å². The molecular formula is C11H20N2O2. The summed E-state index contributed by atoms with van der Waals surface area (Å²) in [6, 6.07) is 0. The average Bonchev–Trinajstić information content (AvgIpc) is 2.11. The summed E-state index contributed by atoms with van der Waals surface area (Å²) in [6.45, 7) is 0.824. The van der Waals surface area contributed by atoms with Crippen molar-refractivity contribution in [2.75, 3.05) is 13.1 Å². The van der Waals surface area contributed by atoms with Gasteiger partial charge in [-0.05, 0) is 32.1 Å². The summed E-state index contributed by atoms with van der Waals surface area (Å²) in [5.74, 6) is 0.0385. The highest BCUT2D eigenvalue weighted by Gasteiger charge is 2.44. The fourth-order valence-corrected chi connectivity index (χ4v) is 2.32. The van der Waals surface area contributed by atoms with Crippen LogP contribution in [0.15, 0.2) is 0 Å². The Labute approximate surface area is 90.2 Å². The van der Waals surface area contributed by atoms with Crippen LogP contribution < -0.4 is 11.1 Å². The molecule has 2 aliphatic rings. The molecule has 0 aromatic heterocycles. The Morgan fingerprint density at radius 3 is 2.20 bits per heavy atom. The molecule has 4 nitrogen and oxygen atoms in total. The molecule has 0 unspecified atom stereocenters. The van der Waals surface area contributed by atoms with Crippen LogP contribution in [0.25, 0.3) is 0 Å². The van der Waals surface area contributed by atoms with Crippen molar-refractivity contribution in [3.8, 4) is 0 Å². The number of rotatable bonds is 4. The van der Waals surface area contributed by atoms with Crippen molar-refractivity contribution in [2.24, 2.45) is 11.1 Å². The topological polar surface area (TPSA) is 75.4 Å². The Bertz CT molecular complexity index is 252. The molecule has 4 heteroatoms. The van der Waals surface area contributed by atoms with Crippen LogP contribution in [0.3, 0.4) is 0 Å². The molecule has 0 aromatic rings. The number of amides is 1. The Morgan fingerprint density at radius 1 is 1.27 bits per heavy atom. The summed E-state index contributed by atoms with van der Waals surface area (Å²) < 4.78 is 0. The van der Waals surface area contributed by atoms with Crippen LogP contribution >= 0.6 is 0 Å². The van der Waals surface area contributed by atoms with E-state index in [0.717, 1.165) is 38.5 Å². The molecule has 0 aliphatic heterocycles. The minimum atomic E-state index is -0.630. The lowest BCUT2D eigenvalue weighted by Gasteiger charge is -2.41. The largest absolute Gasteiger partial charge is 0.388 e. The van der Waals surface area contributed by atoms with Crippen molar-refractivity contribution in [3.05, 3.63) is 0 Å². The normalized spacial score (nSPS) is 26.3.